The molecule has 2 N–H and O–H groups in total. The van der Waals surface area contributed by atoms with E-state index in [1.807, 2.05) is 0 Å². The quantitative estimate of drug-likeness (QED) is 0.420. The van der Waals surface area contributed by atoms with Gasteiger partial charge in [-0.25, -0.2) is 0 Å². The first-order valence-corrected chi connectivity index (χ1v) is 11.1. The van der Waals surface area contributed by atoms with Gasteiger partial charge in [-0.05, 0) is 66.0 Å². The van der Waals surface area contributed by atoms with Gasteiger partial charge in [0.25, 0.3) is 0 Å². The summed E-state index contributed by atoms with van der Waals surface area (Å²) in [6, 6.07) is 7.78. The largest absolute Gasteiger partial charge is 0.481 e. The Kier molecular flexibility index (Phi) is 7.65. The van der Waals surface area contributed by atoms with Crippen LogP contribution in [-0.2, 0) is 11.0 Å². The molecule has 1 heterocycles. The number of hydrogen-bond acceptors (Lipinski definition) is 2. The summed E-state index contributed by atoms with van der Waals surface area (Å²) in [4.78, 5) is 12.1. The third-order valence-corrected chi connectivity index (χ3v) is 6.13. The summed E-state index contributed by atoms with van der Waals surface area (Å²) in [5, 5.41) is 12.2. The van der Waals surface area contributed by atoms with E-state index in [9.17, 15) is 36.2 Å². The lowest BCUT2D eigenvalue weighted by atomic mass is 9.80. The molecule has 0 radical (unpaired) electrons. The maximum Gasteiger partial charge on any atom is 0.417 e. The molecule has 9 heteroatoms. The lowest BCUT2D eigenvalue weighted by molar-refractivity contribution is -0.163. The third-order valence-electron chi connectivity index (χ3n) is 6.13. The molecule has 1 aliphatic rings. The highest BCUT2D eigenvalue weighted by Crippen LogP contribution is 2.46. The molecule has 2 aromatic carbocycles. The number of halogens is 6. The second-order valence-electron chi connectivity index (χ2n) is 9.16. The summed E-state index contributed by atoms with van der Waals surface area (Å²) in [6.45, 7) is 3.42. The van der Waals surface area contributed by atoms with Gasteiger partial charge in [-0.2, -0.15) is 26.3 Å². The molecule has 1 fully saturated rings. The minimum absolute atomic E-state index is 0.0423. The van der Waals surface area contributed by atoms with Crippen LogP contribution in [-0.4, -0.2) is 23.3 Å². The van der Waals surface area contributed by atoms with Crippen molar-refractivity contribution in [2.24, 2.45) is 5.92 Å². The summed E-state index contributed by atoms with van der Waals surface area (Å²) >= 11 is 0. The molecular weight excluding hydrogens is 460 g/mol. The second kappa shape index (κ2) is 9.98. The predicted molar refractivity (Wildman–Crippen MR) is 116 cm³/mol. The van der Waals surface area contributed by atoms with Crippen molar-refractivity contribution in [3.05, 3.63) is 59.2 Å². The van der Waals surface area contributed by atoms with Crippen LogP contribution >= 0.6 is 0 Å². The fraction of sp³-hybridized carbons (Fsp3) is 0.480. The van der Waals surface area contributed by atoms with Crippen LogP contribution in [0, 0.1) is 5.92 Å². The van der Waals surface area contributed by atoms with Gasteiger partial charge in [-0.3, -0.25) is 10.1 Å². The van der Waals surface area contributed by atoms with Gasteiger partial charge >= 0.3 is 18.3 Å². The fourth-order valence-corrected chi connectivity index (χ4v) is 4.63. The van der Waals surface area contributed by atoms with E-state index in [0.29, 0.717) is 11.1 Å². The van der Waals surface area contributed by atoms with Crippen LogP contribution in [0.1, 0.15) is 68.2 Å². The molecule has 2 aromatic rings. The number of carboxylic acid groups (broad SMARTS) is 1. The van der Waals surface area contributed by atoms with Crippen molar-refractivity contribution in [1.82, 2.24) is 5.32 Å². The van der Waals surface area contributed by atoms with E-state index in [4.69, 9.17) is 0 Å². The summed E-state index contributed by atoms with van der Waals surface area (Å²) in [5.41, 5.74) is -1.02. The van der Waals surface area contributed by atoms with E-state index in [0.717, 1.165) is 0 Å². The Balaban J connectivity index is 2.28. The standard InChI is InChI=1S/C25H27F6NO2/c1-14(2)11-18(23(33)34)17-12-16(15-7-4-3-5-8-15)13-19(22(17)25(29,30)31)20-9-6-10-21(32-20)24(26,27)28/h3-5,7-8,12-14,18,20-21,32H,6,9-11H2,1-2H3,(H,33,34)/t18-,20?,21?/m0/s1. The molecule has 1 saturated heterocycles. The molecule has 2 unspecified atom stereocenters. The molecule has 0 aromatic heterocycles. The van der Waals surface area contributed by atoms with Gasteiger partial charge in [0.2, 0.25) is 0 Å². The lowest BCUT2D eigenvalue weighted by Gasteiger charge is -2.35. The second-order valence-corrected chi connectivity index (χ2v) is 9.16. The van der Waals surface area contributed by atoms with Crippen molar-refractivity contribution in [3.8, 4) is 11.1 Å². The van der Waals surface area contributed by atoms with Crippen LogP contribution in [0.25, 0.3) is 11.1 Å². The highest BCUT2D eigenvalue weighted by Gasteiger charge is 2.46. The summed E-state index contributed by atoms with van der Waals surface area (Å²) in [5.74, 6) is -3.07. The Morgan fingerprint density at radius 2 is 1.68 bits per heavy atom. The van der Waals surface area contributed by atoms with Gasteiger partial charge < -0.3 is 5.11 Å². The topological polar surface area (TPSA) is 49.3 Å². The molecule has 1 aliphatic heterocycles. The van der Waals surface area contributed by atoms with Crippen molar-refractivity contribution in [2.45, 2.75) is 69.9 Å². The monoisotopic (exact) mass is 487 g/mol. The van der Waals surface area contributed by atoms with E-state index in [1.54, 1.807) is 44.2 Å². The number of carboxylic acids is 1. The van der Waals surface area contributed by atoms with Gasteiger partial charge in [0.1, 0.15) is 6.04 Å². The normalized spacial score (nSPS) is 20.4. The van der Waals surface area contributed by atoms with Crippen molar-refractivity contribution < 1.29 is 36.2 Å². The third kappa shape index (κ3) is 5.92. The number of nitrogens with one attached hydrogen (secondary N) is 1. The summed E-state index contributed by atoms with van der Waals surface area (Å²) in [7, 11) is 0. The maximum absolute atomic E-state index is 14.4. The van der Waals surface area contributed by atoms with Crippen LogP contribution in [0.2, 0.25) is 0 Å². The van der Waals surface area contributed by atoms with Crippen LogP contribution in [0.4, 0.5) is 26.3 Å². The van der Waals surface area contributed by atoms with Gasteiger partial charge in [0.05, 0.1) is 11.5 Å². The van der Waals surface area contributed by atoms with E-state index < -0.39 is 47.5 Å². The zero-order valence-electron chi connectivity index (χ0n) is 18.8. The van der Waals surface area contributed by atoms with Crippen molar-refractivity contribution >= 4 is 5.97 Å². The van der Waals surface area contributed by atoms with E-state index in [1.165, 1.54) is 12.1 Å². The Hall–Kier alpha value is -2.55. The minimum Gasteiger partial charge on any atom is -0.481 e. The molecule has 0 saturated carbocycles. The van der Waals surface area contributed by atoms with Gasteiger partial charge in [-0.1, -0.05) is 44.2 Å². The van der Waals surface area contributed by atoms with Crippen LogP contribution < -0.4 is 5.32 Å². The summed E-state index contributed by atoms with van der Waals surface area (Å²) in [6.07, 6.45) is -9.64. The molecule has 3 nitrogen and oxygen atoms in total. The Labute approximate surface area is 194 Å². The van der Waals surface area contributed by atoms with Crippen molar-refractivity contribution in [1.29, 1.82) is 0 Å². The molecular formula is C25H27F6NO2. The Morgan fingerprint density at radius 3 is 2.21 bits per heavy atom. The minimum atomic E-state index is -4.95. The van der Waals surface area contributed by atoms with Gasteiger partial charge in [0, 0.05) is 6.04 Å². The summed E-state index contributed by atoms with van der Waals surface area (Å²) < 4.78 is 83.6. The Bertz CT molecular complexity index is 1000. The van der Waals surface area contributed by atoms with Gasteiger partial charge in [-0.15, -0.1) is 0 Å². The number of carbonyl (C=O) groups is 1. The van der Waals surface area contributed by atoms with E-state index in [-0.39, 0.29) is 37.2 Å². The zero-order valence-corrected chi connectivity index (χ0v) is 18.8. The number of benzene rings is 2. The molecule has 0 spiro atoms. The maximum atomic E-state index is 14.4. The van der Waals surface area contributed by atoms with Crippen LogP contribution in [0.15, 0.2) is 42.5 Å². The van der Waals surface area contributed by atoms with E-state index >= 15 is 0 Å². The van der Waals surface area contributed by atoms with Crippen molar-refractivity contribution in [2.75, 3.05) is 0 Å². The average molecular weight is 487 g/mol. The van der Waals surface area contributed by atoms with Crippen LogP contribution in [0.5, 0.6) is 0 Å². The predicted octanol–water partition coefficient (Wildman–Crippen LogP) is 7.33. The smallest absolute Gasteiger partial charge is 0.417 e. The van der Waals surface area contributed by atoms with E-state index in [2.05, 4.69) is 5.32 Å². The SMILES string of the molecule is CC(C)C[C@H](C(=O)O)c1cc(-c2ccccc2)cc(C2CCCC(C(F)(F)F)N2)c1C(F)(F)F. The molecule has 34 heavy (non-hydrogen) atoms. The molecule has 186 valence electrons. The number of aliphatic carboxylic acids is 1. The molecule has 3 rings (SSSR count). The average Bonchev–Trinajstić information content (AvgIpc) is 2.75. The number of alkyl halides is 6. The highest BCUT2D eigenvalue weighted by atomic mass is 19.4. The lowest BCUT2D eigenvalue weighted by Crippen LogP contribution is -2.47. The van der Waals surface area contributed by atoms with Crippen molar-refractivity contribution in [3.63, 3.8) is 0 Å². The van der Waals surface area contributed by atoms with Gasteiger partial charge in [0.15, 0.2) is 0 Å². The molecule has 0 amide bonds. The fourth-order valence-electron chi connectivity index (χ4n) is 4.63. The first kappa shape index (κ1) is 26.1. The first-order chi connectivity index (χ1) is 15.8. The van der Waals surface area contributed by atoms with Crippen LogP contribution in [0.3, 0.4) is 0 Å². The Morgan fingerprint density at radius 1 is 1.03 bits per heavy atom. The zero-order chi connectivity index (χ0) is 25.3. The molecule has 0 bridgehead atoms. The highest BCUT2D eigenvalue weighted by molar-refractivity contribution is 5.79. The molecule has 3 atom stereocenters. The number of rotatable bonds is 6. The number of piperidine rings is 1. The number of hydrogen-bond donors (Lipinski definition) is 2. The first-order valence-electron chi connectivity index (χ1n) is 11.1. The molecule has 0 aliphatic carbocycles.